The fraction of sp³-hybridized carbons (Fsp3) is 0.300. The van der Waals surface area contributed by atoms with E-state index in [2.05, 4.69) is 15.3 Å². The van der Waals surface area contributed by atoms with E-state index in [9.17, 15) is 18.0 Å². The monoisotopic (exact) mass is 308 g/mol. The largest absolute Gasteiger partial charge is 0.454 e. The van der Waals surface area contributed by atoms with Crippen LogP contribution < -0.4 is 0 Å². The number of hydrogen-bond donors (Lipinski definition) is 1. The molecule has 0 fully saturated rings. The summed E-state index contributed by atoms with van der Waals surface area (Å²) in [4.78, 5) is 11.6. The summed E-state index contributed by atoms with van der Waals surface area (Å²) in [7, 11) is 0. The van der Waals surface area contributed by atoms with E-state index in [1.54, 1.807) is 6.07 Å². The van der Waals surface area contributed by atoms with Gasteiger partial charge in [0.05, 0.1) is 10.7 Å². The molecule has 2 rings (SSSR count). The summed E-state index contributed by atoms with van der Waals surface area (Å²) >= 11 is 5.66. The van der Waals surface area contributed by atoms with E-state index >= 15 is 0 Å². The fourth-order valence-electron chi connectivity index (χ4n) is 1.38. The number of aromatic amines is 1. The van der Waals surface area contributed by atoms with Crippen molar-refractivity contribution in [2.75, 3.05) is 0 Å². The maximum atomic E-state index is 12.2. The standard InChI is InChI=1S/C10H8ClF3N4O2/c11-7-3-18(5-10(12,13)14)17-8(7)9(19)20-4-6-1-2-15-16-6/h1-3H,4-5H2,(H,15,16). The SMILES string of the molecule is O=C(OCc1ccn[nH]1)c1nn(CC(F)(F)F)cc1Cl. The number of nitrogens with zero attached hydrogens (tertiary/aromatic N) is 3. The van der Waals surface area contributed by atoms with Crippen molar-refractivity contribution in [3.63, 3.8) is 0 Å². The van der Waals surface area contributed by atoms with E-state index in [1.165, 1.54) is 6.20 Å². The quantitative estimate of drug-likeness (QED) is 0.879. The first-order valence-corrected chi connectivity index (χ1v) is 5.68. The number of aromatic nitrogens is 4. The number of nitrogens with one attached hydrogen (secondary N) is 1. The van der Waals surface area contributed by atoms with Crippen molar-refractivity contribution in [2.24, 2.45) is 0 Å². The number of halogens is 4. The van der Waals surface area contributed by atoms with Gasteiger partial charge in [-0.05, 0) is 6.07 Å². The number of ether oxygens (including phenoxy) is 1. The molecule has 1 N–H and O–H groups in total. The molecule has 2 heterocycles. The van der Waals surface area contributed by atoms with E-state index < -0.39 is 18.7 Å². The maximum Gasteiger partial charge on any atom is 0.408 e. The van der Waals surface area contributed by atoms with Crippen molar-refractivity contribution in [2.45, 2.75) is 19.3 Å². The first-order valence-electron chi connectivity index (χ1n) is 5.30. The minimum absolute atomic E-state index is 0.110. The number of H-pyrrole nitrogens is 1. The van der Waals surface area contributed by atoms with Crippen molar-refractivity contribution < 1.29 is 22.7 Å². The third-order valence-corrected chi connectivity index (χ3v) is 2.45. The minimum atomic E-state index is -4.45. The van der Waals surface area contributed by atoms with Gasteiger partial charge in [0.25, 0.3) is 0 Å². The lowest BCUT2D eigenvalue weighted by Crippen LogP contribution is -2.18. The molecule has 10 heteroatoms. The molecule has 6 nitrogen and oxygen atoms in total. The van der Waals surface area contributed by atoms with Gasteiger partial charge in [-0.3, -0.25) is 9.78 Å². The number of rotatable bonds is 4. The zero-order chi connectivity index (χ0) is 14.8. The molecule has 0 aliphatic rings. The molecule has 0 aliphatic carbocycles. The van der Waals surface area contributed by atoms with Gasteiger partial charge in [0.15, 0.2) is 5.69 Å². The van der Waals surface area contributed by atoms with Crippen LogP contribution in [0.5, 0.6) is 0 Å². The van der Waals surface area contributed by atoms with Crippen LogP contribution in [-0.2, 0) is 17.9 Å². The molecule has 0 saturated heterocycles. The third kappa shape index (κ3) is 3.73. The molecule has 0 amide bonds. The maximum absolute atomic E-state index is 12.2. The van der Waals surface area contributed by atoms with Crippen molar-refractivity contribution in [1.29, 1.82) is 0 Å². The average Bonchev–Trinajstić information content (AvgIpc) is 2.93. The van der Waals surface area contributed by atoms with Gasteiger partial charge in [0, 0.05) is 12.4 Å². The summed E-state index contributed by atoms with van der Waals surface area (Å²) in [6.45, 7) is -1.44. The number of carbonyl (C=O) groups is 1. The van der Waals surface area contributed by atoms with Crippen molar-refractivity contribution in [1.82, 2.24) is 20.0 Å². The molecule has 20 heavy (non-hydrogen) atoms. The molecule has 0 bridgehead atoms. The van der Waals surface area contributed by atoms with Crippen LogP contribution in [0.15, 0.2) is 18.5 Å². The van der Waals surface area contributed by atoms with Crippen LogP contribution in [0.2, 0.25) is 5.02 Å². The Hall–Kier alpha value is -2.03. The van der Waals surface area contributed by atoms with Crippen LogP contribution in [0.4, 0.5) is 13.2 Å². The summed E-state index contributed by atoms with van der Waals surface area (Å²) in [6.07, 6.45) is -2.07. The zero-order valence-electron chi connectivity index (χ0n) is 9.82. The highest BCUT2D eigenvalue weighted by Crippen LogP contribution is 2.21. The fourth-order valence-corrected chi connectivity index (χ4v) is 1.60. The molecule has 0 unspecified atom stereocenters. The highest BCUT2D eigenvalue weighted by Gasteiger charge is 2.29. The summed E-state index contributed by atoms with van der Waals surface area (Å²) in [5, 5.41) is 9.46. The third-order valence-electron chi connectivity index (χ3n) is 2.17. The lowest BCUT2D eigenvalue weighted by atomic mass is 10.4. The number of carbonyl (C=O) groups excluding carboxylic acids is 1. The summed E-state index contributed by atoms with van der Waals surface area (Å²) < 4.78 is 41.9. The Bertz CT molecular complexity index is 594. The molecule has 0 aromatic carbocycles. The van der Waals surface area contributed by atoms with E-state index in [4.69, 9.17) is 16.3 Å². The van der Waals surface area contributed by atoms with Gasteiger partial charge < -0.3 is 4.74 Å². The zero-order valence-corrected chi connectivity index (χ0v) is 10.6. The molecular formula is C10H8ClF3N4O2. The number of alkyl halides is 3. The molecule has 0 aliphatic heterocycles. The van der Waals surface area contributed by atoms with E-state index in [1.807, 2.05) is 0 Å². The van der Waals surface area contributed by atoms with E-state index in [0.29, 0.717) is 10.4 Å². The van der Waals surface area contributed by atoms with Gasteiger partial charge in [-0.1, -0.05) is 11.6 Å². The van der Waals surface area contributed by atoms with Gasteiger partial charge in [0.1, 0.15) is 13.2 Å². The van der Waals surface area contributed by atoms with E-state index in [0.717, 1.165) is 6.20 Å². The summed E-state index contributed by atoms with van der Waals surface area (Å²) in [5.74, 6) is -0.912. The first kappa shape index (κ1) is 14.4. The molecule has 0 atom stereocenters. The Morgan fingerprint density at radius 2 is 2.25 bits per heavy atom. The van der Waals surface area contributed by atoms with Crippen LogP contribution in [0.25, 0.3) is 0 Å². The van der Waals surface area contributed by atoms with Gasteiger partial charge >= 0.3 is 12.1 Å². The smallest absolute Gasteiger partial charge is 0.408 e. The first-order chi connectivity index (χ1) is 9.35. The molecule has 0 spiro atoms. The molecule has 2 aromatic heterocycles. The lowest BCUT2D eigenvalue weighted by molar-refractivity contribution is -0.142. The Labute approximate surface area is 115 Å². The van der Waals surface area contributed by atoms with Crippen LogP contribution >= 0.6 is 11.6 Å². The van der Waals surface area contributed by atoms with Crippen LogP contribution in [0.1, 0.15) is 16.2 Å². The van der Waals surface area contributed by atoms with Crippen LogP contribution in [-0.4, -0.2) is 32.1 Å². The Balaban J connectivity index is 2.02. The second-order valence-electron chi connectivity index (χ2n) is 3.80. The second kappa shape index (κ2) is 5.53. The normalized spacial score (nSPS) is 11.6. The Morgan fingerprint density at radius 1 is 1.50 bits per heavy atom. The topological polar surface area (TPSA) is 72.8 Å². The summed E-state index contributed by atoms with van der Waals surface area (Å²) in [6, 6.07) is 1.58. The highest BCUT2D eigenvalue weighted by molar-refractivity contribution is 6.33. The number of hydrogen-bond acceptors (Lipinski definition) is 4. The molecule has 0 saturated carbocycles. The van der Waals surface area contributed by atoms with E-state index in [-0.39, 0.29) is 17.3 Å². The van der Waals surface area contributed by atoms with Gasteiger partial charge in [-0.2, -0.15) is 23.4 Å². The lowest BCUT2D eigenvalue weighted by Gasteiger charge is -2.05. The van der Waals surface area contributed by atoms with Gasteiger partial charge in [0.2, 0.25) is 0 Å². The average molecular weight is 309 g/mol. The van der Waals surface area contributed by atoms with Gasteiger partial charge in [-0.15, -0.1) is 0 Å². The molecule has 2 aromatic rings. The summed E-state index contributed by atoms with van der Waals surface area (Å²) in [5.41, 5.74) is 0.166. The van der Waals surface area contributed by atoms with Crippen LogP contribution in [0.3, 0.4) is 0 Å². The molecule has 108 valence electrons. The van der Waals surface area contributed by atoms with Crippen molar-refractivity contribution >= 4 is 17.6 Å². The predicted octanol–water partition coefficient (Wildman–Crippen LogP) is 2.18. The molecular weight excluding hydrogens is 301 g/mol. The predicted molar refractivity (Wildman–Crippen MR) is 61.0 cm³/mol. The number of esters is 1. The Kier molecular flexibility index (Phi) is 3.98. The minimum Gasteiger partial charge on any atom is -0.454 e. The highest BCUT2D eigenvalue weighted by atomic mass is 35.5. The van der Waals surface area contributed by atoms with Gasteiger partial charge in [-0.25, -0.2) is 4.79 Å². The Morgan fingerprint density at radius 3 is 2.85 bits per heavy atom. The van der Waals surface area contributed by atoms with Crippen LogP contribution in [0, 0.1) is 0 Å². The van der Waals surface area contributed by atoms with Crippen molar-refractivity contribution in [3.05, 3.63) is 34.9 Å². The molecule has 0 radical (unpaired) electrons. The van der Waals surface area contributed by atoms with Crippen molar-refractivity contribution in [3.8, 4) is 0 Å². The second-order valence-corrected chi connectivity index (χ2v) is 4.20.